The van der Waals surface area contributed by atoms with Gasteiger partial charge in [-0.1, -0.05) is 0 Å². The normalized spacial score (nSPS) is 36.1. The molecular weight excluding hydrogens is 318 g/mol. The van der Waals surface area contributed by atoms with Crippen molar-refractivity contribution in [1.29, 1.82) is 0 Å². The number of benzene rings is 1. The number of anilines is 1. The standard InChI is InChI=1S/C16H17NO7/c1-16(2)23-12-10-9(22-15(12)24-16)11(14(19)20-10)21-13(18)7-3-5-8(17)6-4-7/h3-6,9-12,15H,17H2,1-2H3. The number of nitrogens with two attached hydrogens (primary N) is 1. The minimum atomic E-state index is -1.15. The third kappa shape index (κ3) is 2.43. The predicted octanol–water partition coefficient (Wildman–Crippen LogP) is 0.596. The number of carbonyl (C=O) groups excluding carboxylic acids is 2. The highest BCUT2D eigenvalue weighted by Crippen LogP contribution is 2.43. The van der Waals surface area contributed by atoms with E-state index in [2.05, 4.69) is 0 Å². The Morgan fingerprint density at radius 3 is 2.54 bits per heavy atom. The molecule has 3 aliphatic rings. The molecule has 0 radical (unpaired) electrons. The zero-order chi connectivity index (χ0) is 17.1. The molecule has 8 nitrogen and oxygen atoms in total. The van der Waals surface area contributed by atoms with Crippen LogP contribution in [0.25, 0.3) is 0 Å². The molecule has 3 saturated heterocycles. The average molecular weight is 335 g/mol. The number of hydrogen-bond acceptors (Lipinski definition) is 8. The van der Waals surface area contributed by atoms with Crippen molar-refractivity contribution in [3.05, 3.63) is 29.8 Å². The van der Waals surface area contributed by atoms with E-state index in [1.807, 2.05) is 0 Å². The number of hydrogen-bond donors (Lipinski definition) is 1. The largest absolute Gasteiger partial charge is 0.454 e. The highest BCUT2D eigenvalue weighted by Gasteiger charge is 2.64. The van der Waals surface area contributed by atoms with Gasteiger partial charge in [-0.25, -0.2) is 9.59 Å². The van der Waals surface area contributed by atoms with Crippen molar-refractivity contribution >= 4 is 17.6 Å². The van der Waals surface area contributed by atoms with Gasteiger partial charge in [-0.3, -0.25) is 0 Å². The second-order valence-corrected chi connectivity index (χ2v) is 6.42. The molecule has 3 fully saturated rings. The molecule has 5 atom stereocenters. The average Bonchev–Trinajstić information content (AvgIpc) is 3.08. The summed E-state index contributed by atoms with van der Waals surface area (Å²) in [6.45, 7) is 3.50. The van der Waals surface area contributed by atoms with Gasteiger partial charge in [-0.05, 0) is 38.1 Å². The molecule has 0 aliphatic carbocycles. The van der Waals surface area contributed by atoms with Crippen molar-refractivity contribution in [3.8, 4) is 0 Å². The first-order valence-electron chi connectivity index (χ1n) is 7.62. The van der Waals surface area contributed by atoms with Gasteiger partial charge in [0.15, 0.2) is 24.3 Å². The minimum Gasteiger partial charge on any atom is -0.454 e. The zero-order valence-corrected chi connectivity index (χ0v) is 13.1. The third-order valence-corrected chi connectivity index (χ3v) is 4.19. The predicted molar refractivity (Wildman–Crippen MR) is 78.6 cm³/mol. The van der Waals surface area contributed by atoms with Crippen molar-refractivity contribution in [3.63, 3.8) is 0 Å². The Labute approximate surface area is 137 Å². The van der Waals surface area contributed by atoms with Crippen molar-refractivity contribution in [2.24, 2.45) is 0 Å². The van der Waals surface area contributed by atoms with Crippen LogP contribution in [-0.2, 0) is 28.5 Å². The van der Waals surface area contributed by atoms with E-state index in [9.17, 15) is 9.59 Å². The van der Waals surface area contributed by atoms with Gasteiger partial charge in [-0.2, -0.15) is 0 Å². The molecule has 0 amide bonds. The molecule has 24 heavy (non-hydrogen) atoms. The van der Waals surface area contributed by atoms with E-state index in [0.717, 1.165) is 0 Å². The topological polar surface area (TPSA) is 106 Å². The van der Waals surface area contributed by atoms with Gasteiger partial charge in [-0.15, -0.1) is 0 Å². The Morgan fingerprint density at radius 2 is 1.83 bits per heavy atom. The van der Waals surface area contributed by atoms with Crippen LogP contribution >= 0.6 is 0 Å². The van der Waals surface area contributed by atoms with Crippen molar-refractivity contribution in [1.82, 2.24) is 0 Å². The summed E-state index contributed by atoms with van der Waals surface area (Å²) in [5, 5.41) is 0. The van der Waals surface area contributed by atoms with Crippen molar-refractivity contribution in [2.75, 3.05) is 5.73 Å². The molecule has 8 heteroatoms. The molecule has 1 aromatic rings. The van der Waals surface area contributed by atoms with Crippen molar-refractivity contribution in [2.45, 2.75) is 50.3 Å². The monoisotopic (exact) mass is 335 g/mol. The maximum atomic E-state index is 12.2. The van der Waals surface area contributed by atoms with Crippen LogP contribution in [0.15, 0.2) is 24.3 Å². The second-order valence-electron chi connectivity index (χ2n) is 6.42. The number of rotatable bonds is 2. The molecule has 3 aliphatic heterocycles. The van der Waals surface area contributed by atoms with Gasteiger partial charge in [0, 0.05) is 5.69 Å². The van der Waals surface area contributed by atoms with Crippen molar-refractivity contribution < 1.29 is 33.3 Å². The van der Waals surface area contributed by atoms with E-state index in [4.69, 9.17) is 29.4 Å². The van der Waals surface area contributed by atoms with Crippen LogP contribution in [0.2, 0.25) is 0 Å². The minimum absolute atomic E-state index is 0.285. The molecule has 128 valence electrons. The molecule has 4 rings (SSSR count). The van der Waals surface area contributed by atoms with Crippen LogP contribution in [0.1, 0.15) is 24.2 Å². The van der Waals surface area contributed by atoms with Gasteiger partial charge < -0.3 is 29.4 Å². The fourth-order valence-corrected chi connectivity index (χ4v) is 3.14. The van der Waals surface area contributed by atoms with E-state index < -0.39 is 48.4 Å². The van der Waals surface area contributed by atoms with Gasteiger partial charge in [0.05, 0.1) is 5.56 Å². The van der Waals surface area contributed by atoms with E-state index in [0.29, 0.717) is 5.69 Å². The fraction of sp³-hybridized carbons (Fsp3) is 0.500. The number of fused-ring (bicyclic) bond motifs is 3. The van der Waals surface area contributed by atoms with Crippen LogP contribution in [0.4, 0.5) is 5.69 Å². The lowest BCUT2D eigenvalue weighted by Crippen LogP contribution is -2.37. The van der Waals surface area contributed by atoms with E-state index in [-0.39, 0.29) is 5.56 Å². The first-order chi connectivity index (χ1) is 11.3. The summed E-state index contributed by atoms with van der Waals surface area (Å²) >= 11 is 0. The Bertz CT molecular complexity index is 686. The number of carbonyl (C=O) groups is 2. The molecule has 0 aromatic heterocycles. The van der Waals surface area contributed by atoms with Gasteiger partial charge in [0.1, 0.15) is 6.10 Å². The van der Waals surface area contributed by atoms with Crippen LogP contribution in [0, 0.1) is 0 Å². The Kier molecular flexibility index (Phi) is 3.31. The summed E-state index contributed by atoms with van der Waals surface area (Å²) in [4.78, 5) is 24.3. The van der Waals surface area contributed by atoms with Gasteiger partial charge in [0.25, 0.3) is 0 Å². The SMILES string of the molecule is CC1(C)OC2OC3C(OC(=O)c4ccc(N)cc4)C(=O)OC3C2O1. The lowest BCUT2D eigenvalue weighted by Gasteiger charge is -2.21. The second kappa shape index (κ2) is 5.17. The smallest absolute Gasteiger partial charge is 0.350 e. The maximum absolute atomic E-state index is 12.2. The Balaban J connectivity index is 1.48. The molecule has 2 N–H and O–H groups in total. The lowest BCUT2D eigenvalue weighted by atomic mass is 10.1. The van der Waals surface area contributed by atoms with Gasteiger partial charge >= 0.3 is 11.9 Å². The Hall–Kier alpha value is -2.16. The summed E-state index contributed by atoms with van der Waals surface area (Å²) in [7, 11) is 0. The van der Waals surface area contributed by atoms with Gasteiger partial charge in [0.2, 0.25) is 6.10 Å². The Morgan fingerprint density at radius 1 is 1.12 bits per heavy atom. The highest BCUT2D eigenvalue weighted by atomic mass is 16.8. The third-order valence-electron chi connectivity index (χ3n) is 4.19. The van der Waals surface area contributed by atoms with Crippen LogP contribution in [0.3, 0.4) is 0 Å². The maximum Gasteiger partial charge on any atom is 0.350 e. The molecule has 0 saturated carbocycles. The zero-order valence-electron chi connectivity index (χ0n) is 13.1. The summed E-state index contributed by atoms with van der Waals surface area (Å²) in [5.74, 6) is -2.12. The van der Waals surface area contributed by atoms with E-state index in [1.165, 1.54) is 12.1 Å². The molecule has 3 heterocycles. The molecule has 5 unspecified atom stereocenters. The number of nitrogen functional groups attached to an aromatic ring is 1. The van der Waals surface area contributed by atoms with E-state index >= 15 is 0 Å². The van der Waals surface area contributed by atoms with Crippen LogP contribution < -0.4 is 5.73 Å². The summed E-state index contributed by atoms with van der Waals surface area (Å²) < 4.78 is 27.6. The molecule has 1 aromatic carbocycles. The molecular formula is C16H17NO7. The quantitative estimate of drug-likeness (QED) is 0.618. The number of ether oxygens (including phenoxy) is 5. The lowest BCUT2D eigenvalue weighted by molar-refractivity contribution is -0.214. The first-order valence-corrected chi connectivity index (χ1v) is 7.62. The van der Waals surface area contributed by atoms with Crippen LogP contribution in [0.5, 0.6) is 0 Å². The highest BCUT2D eigenvalue weighted by molar-refractivity contribution is 5.92. The summed E-state index contributed by atoms with van der Waals surface area (Å²) in [5.41, 5.74) is 6.39. The first kappa shape index (κ1) is 15.4. The number of esters is 2. The van der Waals surface area contributed by atoms with Crippen LogP contribution in [-0.4, -0.2) is 48.4 Å². The summed E-state index contributed by atoms with van der Waals surface area (Å²) in [6.07, 6.45) is -3.74. The fourth-order valence-electron chi connectivity index (χ4n) is 3.14. The summed E-state index contributed by atoms with van der Waals surface area (Å²) in [6, 6.07) is 6.20. The molecule has 0 bridgehead atoms. The van der Waals surface area contributed by atoms with E-state index in [1.54, 1.807) is 26.0 Å². The molecule has 0 spiro atoms.